The van der Waals surface area contributed by atoms with Crippen LogP contribution in [-0.4, -0.2) is 46.6 Å². The molecule has 1 heterocycles. The highest BCUT2D eigenvalue weighted by Gasteiger charge is 2.55. The van der Waals surface area contributed by atoms with Crippen molar-refractivity contribution in [2.75, 3.05) is 13.1 Å². The van der Waals surface area contributed by atoms with Gasteiger partial charge in [-0.05, 0) is 35.8 Å². The molecule has 0 aromatic rings. The van der Waals surface area contributed by atoms with Gasteiger partial charge >= 0.3 is 0 Å². The van der Waals surface area contributed by atoms with Crippen LogP contribution in [0.25, 0.3) is 0 Å². The van der Waals surface area contributed by atoms with E-state index in [0.717, 1.165) is 10.6 Å². The maximum absolute atomic E-state index is 13.3. The molecule has 164 valence electrons. The summed E-state index contributed by atoms with van der Waals surface area (Å²) in [5.74, 6) is -0.289. The van der Waals surface area contributed by atoms with E-state index in [0.29, 0.717) is 25.8 Å². The zero-order chi connectivity index (χ0) is 22.2. The largest absolute Gasteiger partial charge is 0.383 e. The molecular formula is C23H37ClN2O3. The van der Waals surface area contributed by atoms with Crippen molar-refractivity contribution in [2.24, 2.45) is 16.7 Å². The number of hydrogen-bond acceptors (Lipinski definition) is 3. The normalized spacial score (nSPS) is 25.5. The first kappa shape index (κ1) is 23.9. The van der Waals surface area contributed by atoms with E-state index in [2.05, 4.69) is 5.32 Å². The number of nitrogens with one attached hydrogen (secondary N) is 1. The first-order valence-electron chi connectivity index (χ1n) is 10.5. The Bertz CT molecular complexity index is 718. The summed E-state index contributed by atoms with van der Waals surface area (Å²) in [7, 11) is 0. The molecule has 2 amide bonds. The molecule has 1 aliphatic carbocycles. The van der Waals surface area contributed by atoms with E-state index in [1.54, 1.807) is 4.90 Å². The van der Waals surface area contributed by atoms with Crippen LogP contribution in [0.15, 0.2) is 22.8 Å². The van der Waals surface area contributed by atoms with E-state index < -0.39 is 17.1 Å². The number of carbonyl (C=O) groups is 2. The summed E-state index contributed by atoms with van der Waals surface area (Å²) in [6, 6.07) is -0.599. The third kappa shape index (κ3) is 5.43. The Balaban J connectivity index is 2.20. The van der Waals surface area contributed by atoms with Crippen LogP contribution in [0.2, 0.25) is 0 Å². The van der Waals surface area contributed by atoms with E-state index in [-0.39, 0.29) is 29.7 Å². The Labute approximate surface area is 180 Å². The highest BCUT2D eigenvalue weighted by Crippen LogP contribution is 2.46. The molecule has 29 heavy (non-hydrogen) atoms. The minimum Gasteiger partial charge on any atom is -0.383 e. The van der Waals surface area contributed by atoms with E-state index in [1.807, 2.05) is 60.6 Å². The molecule has 1 saturated heterocycles. The summed E-state index contributed by atoms with van der Waals surface area (Å²) in [6.07, 6.45) is 5.48. The Morgan fingerprint density at radius 2 is 1.83 bits per heavy atom. The fraction of sp³-hybridized carbons (Fsp3) is 0.739. The summed E-state index contributed by atoms with van der Waals surface area (Å²) >= 11 is 6.08. The van der Waals surface area contributed by atoms with Crippen molar-refractivity contribution in [3.8, 4) is 0 Å². The highest BCUT2D eigenvalue weighted by atomic mass is 35.5. The van der Waals surface area contributed by atoms with E-state index in [9.17, 15) is 14.7 Å². The van der Waals surface area contributed by atoms with Gasteiger partial charge in [0.05, 0.1) is 6.54 Å². The zero-order valence-corrected chi connectivity index (χ0v) is 19.7. The molecule has 2 rings (SSSR count). The lowest BCUT2D eigenvalue weighted by Crippen LogP contribution is -2.52. The third-order valence-electron chi connectivity index (χ3n) is 6.01. The molecule has 0 aromatic carbocycles. The smallest absolute Gasteiger partial charge is 0.245 e. The van der Waals surface area contributed by atoms with Crippen molar-refractivity contribution < 1.29 is 14.7 Å². The zero-order valence-electron chi connectivity index (χ0n) is 18.9. The van der Waals surface area contributed by atoms with Crippen LogP contribution < -0.4 is 5.32 Å². The van der Waals surface area contributed by atoms with Gasteiger partial charge < -0.3 is 15.3 Å². The van der Waals surface area contributed by atoms with Gasteiger partial charge in [-0.15, -0.1) is 0 Å². The lowest BCUT2D eigenvalue weighted by Gasteiger charge is -2.38. The number of halogens is 1. The molecule has 0 radical (unpaired) electrons. The van der Waals surface area contributed by atoms with Gasteiger partial charge in [-0.1, -0.05) is 66.1 Å². The summed E-state index contributed by atoms with van der Waals surface area (Å²) < 4.78 is 0. The molecule has 1 fully saturated rings. The molecule has 0 saturated carbocycles. The molecule has 5 nitrogen and oxygen atoms in total. The average Bonchev–Trinajstić information content (AvgIpc) is 2.81. The molecule has 0 bridgehead atoms. The van der Waals surface area contributed by atoms with Gasteiger partial charge in [0.2, 0.25) is 11.8 Å². The van der Waals surface area contributed by atoms with Gasteiger partial charge in [-0.3, -0.25) is 9.59 Å². The standard InChI is InChI=1S/C23H37ClN2O3/c1-15(2)19(25-18(27)12-21(3,4)5)20(28)26-13-22(6,7)23(29,14-26)16-8-10-17(24)11-9-16/h8,10,15,19,29H,9,11-14H2,1-7H3,(H,25,27)/t19-,23+/m1/s1. The Morgan fingerprint density at radius 1 is 1.21 bits per heavy atom. The molecule has 2 N–H and O–H groups in total. The Kier molecular flexibility index (Phi) is 6.96. The van der Waals surface area contributed by atoms with Gasteiger partial charge in [-0.2, -0.15) is 0 Å². The van der Waals surface area contributed by atoms with E-state index in [1.165, 1.54) is 0 Å². The molecule has 1 aliphatic heterocycles. The molecule has 0 aromatic heterocycles. The van der Waals surface area contributed by atoms with Crippen LogP contribution in [0, 0.1) is 16.7 Å². The summed E-state index contributed by atoms with van der Waals surface area (Å²) in [4.78, 5) is 27.5. The van der Waals surface area contributed by atoms with Crippen LogP contribution >= 0.6 is 11.6 Å². The van der Waals surface area contributed by atoms with Crippen molar-refractivity contribution in [1.29, 1.82) is 0 Å². The van der Waals surface area contributed by atoms with Gasteiger partial charge in [0.1, 0.15) is 11.6 Å². The molecular weight excluding hydrogens is 388 g/mol. The Hall–Kier alpha value is -1.33. The van der Waals surface area contributed by atoms with Crippen molar-refractivity contribution in [3.05, 3.63) is 22.8 Å². The summed E-state index contributed by atoms with van der Waals surface area (Å²) in [5, 5.41) is 15.3. The maximum atomic E-state index is 13.3. The number of β-amino-alcohol motifs (C(OH)–C–C–N with tert-alkyl or cyclic N) is 1. The van der Waals surface area contributed by atoms with Gasteiger partial charge in [0.25, 0.3) is 0 Å². The van der Waals surface area contributed by atoms with Crippen LogP contribution in [0.5, 0.6) is 0 Å². The quantitative estimate of drug-likeness (QED) is 0.700. The topological polar surface area (TPSA) is 69.6 Å². The SMILES string of the molecule is CC(C)[C@@H](NC(=O)CC(C)(C)C)C(=O)N1CC(C)(C)[C@@](O)(C2=CC=C(Cl)CC2)C1. The Morgan fingerprint density at radius 3 is 2.31 bits per heavy atom. The lowest BCUT2D eigenvalue weighted by atomic mass is 9.71. The van der Waals surface area contributed by atoms with Crippen molar-refractivity contribution in [1.82, 2.24) is 10.2 Å². The number of hydrogen-bond donors (Lipinski definition) is 2. The van der Waals surface area contributed by atoms with E-state index in [4.69, 9.17) is 11.6 Å². The average molecular weight is 425 g/mol. The molecule has 0 unspecified atom stereocenters. The monoisotopic (exact) mass is 424 g/mol. The fourth-order valence-corrected chi connectivity index (χ4v) is 4.38. The second kappa shape index (κ2) is 8.43. The van der Waals surface area contributed by atoms with Crippen LogP contribution in [0.1, 0.15) is 67.7 Å². The van der Waals surface area contributed by atoms with Crippen molar-refractivity contribution >= 4 is 23.4 Å². The summed E-state index contributed by atoms with van der Waals surface area (Å²) in [5.41, 5.74) is -0.830. The second-order valence-corrected chi connectivity index (χ2v) is 11.3. The number of nitrogens with zero attached hydrogens (tertiary/aromatic N) is 1. The predicted octanol–water partition coefficient (Wildman–Crippen LogP) is 4.01. The number of likely N-dealkylation sites (tertiary alicyclic amines) is 1. The molecule has 2 aliphatic rings. The highest BCUT2D eigenvalue weighted by molar-refractivity contribution is 6.29. The molecule has 2 atom stereocenters. The first-order valence-corrected chi connectivity index (χ1v) is 10.9. The van der Waals surface area contributed by atoms with Crippen molar-refractivity contribution in [3.63, 3.8) is 0 Å². The summed E-state index contributed by atoms with van der Waals surface area (Å²) in [6.45, 7) is 14.5. The maximum Gasteiger partial charge on any atom is 0.245 e. The fourth-order valence-electron chi connectivity index (χ4n) is 4.22. The predicted molar refractivity (Wildman–Crippen MR) is 117 cm³/mol. The first-order chi connectivity index (χ1) is 13.2. The van der Waals surface area contributed by atoms with Gasteiger partial charge in [0, 0.05) is 23.4 Å². The molecule has 0 spiro atoms. The molecule has 6 heteroatoms. The minimum absolute atomic E-state index is 0.0427. The third-order valence-corrected chi connectivity index (χ3v) is 6.32. The van der Waals surface area contributed by atoms with Crippen LogP contribution in [0.3, 0.4) is 0 Å². The van der Waals surface area contributed by atoms with Crippen LogP contribution in [0.4, 0.5) is 0 Å². The lowest BCUT2D eigenvalue weighted by molar-refractivity contribution is -0.137. The number of carbonyl (C=O) groups excluding carboxylic acids is 2. The number of aliphatic hydroxyl groups is 1. The van der Waals surface area contributed by atoms with E-state index >= 15 is 0 Å². The van der Waals surface area contributed by atoms with Crippen LogP contribution in [-0.2, 0) is 9.59 Å². The number of allylic oxidation sites excluding steroid dienone is 3. The van der Waals surface area contributed by atoms with Gasteiger partial charge in [0.15, 0.2) is 0 Å². The second-order valence-electron chi connectivity index (χ2n) is 10.8. The minimum atomic E-state index is -1.10. The van der Waals surface area contributed by atoms with Gasteiger partial charge in [-0.25, -0.2) is 0 Å². The number of rotatable bonds is 5. The number of amides is 2. The van der Waals surface area contributed by atoms with Crippen molar-refractivity contribution in [2.45, 2.75) is 79.4 Å².